The van der Waals surface area contributed by atoms with Crippen molar-refractivity contribution in [3.63, 3.8) is 0 Å². The first-order valence-electron chi connectivity index (χ1n) is 5.76. The molecule has 0 radical (unpaired) electrons. The molecular weight excluding hydrogens is 226 g/mol. The quantitative estimate of drug-likeness (QED) is 0.851. The molecule has 18 heavy (non-hydrogen) atoms. The van der Waals surface area contributed by atoms with Crippen LogP contribution >= 0.6 is 0 Å². The van der Waals surface area contributed by atoms with E-state index in [1.807, 2.05) is 24.3 Å². The summed E-state index contributed by atoms with van der Waals surface area (Å²) in [6, 6.07) is 11.2. The predicted octanol–water partition coefficient (Wildman–Crippen LogP) is 1.47. The van der Waals surface area contributed by atoms with Crippen LogP contribution in [0.1, 0.15) is 21.5 Å². The zero-order chi connectivity index (χ0) is 12.8. The SMILES string of the molecule is NCc1ccccc1CNC(=O)c1ccncc1. The molecule has 1 amide bonds. The molecule has 2 rings (SSSR count). The maximum absolute atomic E-state index is 11.8. The third kappa shape index (κ3) is 2.93. The molecule has 0 unspecified atom stereocenters. The first-order valence-corrected chi connectivity index (χ1v) is 5.76. The lowest BCUT2D eigenvalue weighted by molar-refractivity contribution is 0.0950. The first kappa shape index (κ1) is 12.3. The van der Waals surface area contributed by atoms with Gasteiger partial charge in [0.05, 0.1) is 0 Å². The van der Waals surface area contributed by atoms with E-state index in [2.05, 4.69) is 10.3 Å². The highest BCUT2D eigenvalue weighted by Crippen LogP contribution is 2.07. The molecule has 0 atom stereocenters. The highest BCUT2D eigenvalue weighted by atomic mass is 16.1. The molecule has 0 bridgehead atoms. The van der Waals surface area contributed by atoms with E-state index >= 15 is 0 Å². The molecule has 4 nitrogen and oxygen atoms in total. The summed E-state index contributed by atoms with van der Waals surface area (Å²) < 4.78 is 0. The van der Waals surface area contributed by atoms with Gasteiger partial charge in [-0.1, -0.05) is 24.3 Å². The van der Waals surface area contributed by atoms with Crippen LogP contribution in [-0.4, -0.2) is 10.9 Å². The molecule has 0 aliphatic heterocycles. The van der Waals surface area contributed by atoms with Crippen LogP contribution in [-0.2, 0) is 13.1 Å². The molecule has 2 aromatic rings. The molecule has 3 N–H and O–H groups in total. The molecular formula is C14H15N3O. The Morgan fingerprint density at radius 3 is 2.44 bits per heavy atom. The number of carbonyl (C=O) groups is 1. The Labute approximate surface area is 106 Å². The number of amides is 1. The van der Waals surface area contributed by atoms with Crippen molar-refractivity contribution in [1.29, 1.82) is 0 Å². The maximum Gasteiger partial charge on any atom is 0.251 e. The molecule has 0 saturated carbocycles. The molecule has 1 heterocycles. The Morgan fingerprint density at radius 2 is 1.78 bits per heavy atom. The lowest BCUT2D eigenvalue weighted by Crippen LogP contribution is -2.23. The Balaban J connectivity index is 2.02. The largest absolute Gasteiger partial charge is 0.348 e. The fraction of sp³-hybridized carbons (Fsp3) is 0.143. The van der Waals surface area contributed by atoms with Crippen molar-refractivity contribution < 1.29 is 4.79 Å². The number of benzene rings is 1. The van der Waals surface area contributed by atoms with Crippen LogP contribution < -0.4 is 11.1 Å². The molecule has 1 aromatic carbocycles. The number of hydrogen-bond acceptors (Lipinski definition) is 3. The van der Waals surface area contributed by atoms with Gasteiger partial charge in [-0.2, -0.15) is 0 Å². The summed E-state index contributed by atoms with van der Waals surface area (Å²) in [6.07, 6.45) is 3.20. The second-order valence-electron chi connectivity index (χ2n) is 3.89. The van der Waals surface area contributed by atoms with E-state index in [0.29, 0.717) is 18.7 Å². The van der Waals surface area contributed by atoms with Gasteiger partial charge in [-0.3, -0.25) is 9.78 Å². The number of rotatable bonds is 4. The minimum atomic E-state index is -0.107. The summed E-state index contributed by atoms with van der Waals surface area (Å²) in [5, 5.41) is 2.87. The number of aromatic nitrogens is 1. The number of nitrogens with two attached hydrogens (primary N) is 1. The van der Waals surface area contributed by atoms with E-state index in [-0.39, 0.29) is 5.91 Å². The van der Waals surface area contributed by atoms with Gasteiger partial charge in [-0.25, -0.2) is 0 Å². The van der Waals surface area contributed by atoms with Crippen molar-refractivity contribution >= 4 is 5.91 Å². The van der Waals surface area contributed by atoms with Crippen molar-refractivity contribution in [2.75, 3.05) is 0 Å². The zero-order valence-corrected chi connectivity index (χ0v) is 9.97. The van der Waals surface area contributed by atoms with Gasteiger partial charge < -0.3 is 11.1 Å². The number of nitrogens with one attached hydrogen (secondary N) is 1. The van der Waals surface area contributed by atoms with E-state index < -0.39 is 0 Å². The van der Waals surface area contributed by atoms with E-state index in [9.17, 15) is 4.79 Å². The molecule has 0 aliphatic carbocycles. The average molecular weight is 241 g/mol. The van der Waals surface area contributed by atoms with Crippen molar-refractivity contribution in [2.45, 2.75) is 13.1 Å². The molecule has 1 aromatic heterocycles. The van der Waals surface area contributed by atoms with Crippen molar-refractivity contribution in [2.24, 2.45) is 5.73 Å². The second kappa shape index (κ2) is 5.93. The molecule has 0 spiro atoms. The van der Waals surface area contributed by atoms with Crippen LogP contribution in [0.5, 0.6) is 0 Å². The molecule has 0 saturated heterocycles. The Morgan fingerprint density at radius 1 is 1.11 bits per heavy atom. The van der Waals surface area contributed by atoms with E-state index in [0.717, 1.165) is 11.1 Å². The summed E-state index contributed by atoms with van der Waals surface area (Å²) in [5.74, 6) is -0.107. The van der Waals surface area contributed by atoms with Crippen molar-refractivity contribution in [1.82, 2.24) is 10.3 Å². The van der Waals surface area contributed by atoms with Gasteiger partial charge in [0.15, 0.2) is 0 Å². The normalized spacial score (nSPS) is 10.1. The van der Waals surface area contributed by atoms with Gasteiger partial charge in [0.25, 0.3) is 5.91 Å². The minimum Gasteiger partial charge on any atom is -0.348 e. The summed E-state index contributed by atoms with van der Waals surface area (Å²) in [6.45, 7) is 0.954. The lowest BCUT2D eigenvalue weighted by atomic mass is 10.1. The maximum atomic E-state index is 11.8. The Kier molecular flexibility index (Phi) is 4.04. The summed E-state index contributed by atoms with van der Waals surface area (Å²) >= 11 is 0. The predicted molar refractivity (Wildman–Crippen MR) is 69.7 cm³/mol. The van der Waals surface area contributed by atoms with Gasteiger partial charge in [0, 0.05) is 31.0 Å². The topological polar surface area (TPSA) is 68.0 Å². The van der Waals surface area contributed by atoms with E-state index in [1.165, 1.54) is 0 Å². The molecule has 92 valence electrons. The van der Waals surface area contributed by atoms with Crippen LogP contribution in [0.4, 0.5) is 0 Å². The standard InChI is InChI=1S/C14H15N3O/c15-9-12-3-1-2-4-13(12)10-17-14(18)11-5-7-16-8-6-11/h1-8H,9-10,15H2,(H,17,18). The van der Waals surface area contributed by atoms with Crippen molar-refractivity contribution in [3.8, 4) is 0 Å². The number of carbonyl (C=O) groups excluding carboxylic acids is 1. The van der Waals surface area contributed by atoms with Crippen LogP contribution in [0, 0.1) is 0 Å². The smallest absolute Gasteiger partial charge is 0.251 e. The number of nitrogens with zero attached hydrogens (tertiary/aromatic N) is 1. The Hall–Kier alpha value is -2.20. The van der Waals surface area contributed by atoms with Gasteiger partial charge >= 0.3 is 0 Å². The van der Waals surface area contributed by atoms with Crippen molar-refractivity contribution in [3.05, 3.63) is 65.5 Å². The summed E-state index contributed by atoms with van der Waals surface area (Å²) in [5.41, 5.74) is 8.35. The van der Waals surface area contributed by atoms with Gasteiger partial charge in [0.2, 0.25) is 0 Å². The average Bonchev–Trinajstić information content (AvgIpc) is 2.46. The van der Waals surface area contributed by atoms with E-state index in [1.54, 1.807) is 24.5 Å². The summed E-state index contributed by atoms with van der Waals surface area (Å²) in [7, 11) is 0. The number of pyridine rings is 1. The summed E-state index contributed by atoms with van der Waals surface area (Å²) in [4.78, 5) is 15.7. The molecule has 4 heteroatoms. The lowest BCUT2D eigenvalue weighted by Gasteiger charge is -2.09. The third-order valence-corrected chi connectivity index (χ3v) is 2.72. The van der Waals surface area contributed by atoms with Crippen LogP contribution in [0.25, 0.3) is 0 Å². The van der Waals surface area contributed by atoms with Gasteiger partial charge in [0.1, 0.15) is 0 Å². The third-order valence-electron chi connectivity index (χ3n) is 2.72. The monoisotopic (exact) mass is 241 g/mol. The van der Waals surface area contributed by atoms with Crippen LogP contribution in [0.3, 0.4) is 0 Å². The molecule has 0 fully saturated rings. The highest BCUT2D eigenvalue weighted by Gasteiger charge is 2.05. The van der Waals surface area contributed by atoms with Crippen LogP contribution in [0.15, 0.2) is 48.8 Å². The fourth-order valence-electron chi connectivity index (χ4n) is 1.71. The second-order valence-corrected chi connectivity index (χ2v) is 3.89. The fourth-order valence-corrected chi connectivity index (χ4v) is 1.71. The highest BCUT2D eigenvalue weighted by molar-refractivity contribution is 5.93. The molecule has 0 aliphatic rings. The zero-order valence-electron chi connectivity index (χ0n) is 9.97. The first-order chi connectivity index (χ1) is 8.81. The van der Waals surface area contributed by atoms with Gasteiger partial charge in [-0.05, 0) is 23.3 Å². The van der Waals surface area contributed by atoms with E-state index in [4.69, 9.17) is 5.73 Å². The number of hydrogen-bond donors (Lipinski definition) is 2. The Bertz CT molecular complexity index is 526. The van der Waals surface area contributed by atoms with Crippen LogP contribution in [0.2, 0.25) is 0 Å². The van der Waals surface area contributed by atoms with Gasteiger partial charge in [-0.15, -0.1) is 0 Å². The minimum absolute atomic E-state index is 0.107.